The number of ether oxygens (including phenoxy) is 1. The maximum Gasteiger partial charge on any atom is 0.498 e. The first-order valence-corrected chi connectivity index (χ1v) is 7.10. The van der Waals surface area contributed by atoms with Gasteiger partial charge in [0.25, 0.3) is 0 Å². The van der Waals surface area contributed by atoms with Gasteiger partial charge in [0.15, 0.2) is 0 Å². The lowest BCUT2D eigenvalue weighted by Gasteiger charge is -2.32. The Bertz CT molecular complexity index is 526. The van der Waals surface area contributed by atoms with Crippen molar-refractivity contribution >= 4 is 12.6 Å². The fourth-order valence-electron chi connectivity index (χ4n) is 2.02. The predicted octanol–water partition coefficient (Wildman–Crippen LogP) is 3.08. The van der Waals surface area contributed by atoms with Crippen LogP contribution < -0.4 is 10.2 Å². The Labute approximate surface area is 126 Å². The van der Waals surface area contributed by atoms with Crippen LogP contribution in [0.2, 0.25) is 0 Å². The molecule has 5 heteroatoms. The second-order valence-corrected chi connectivity index (χ2v) is 6.33. The van der Waals surface area contributed by atoms with Gasteiger partial charge in [0.1, 0.15) is 17.7 Å². The summed E-state index contributed by atoms with van der Waals surface area (Å²) in [5.41, 5.74) is -0.218. The van der Waals surface area contributed by atoms with E-state index < -0.39 is 18.3 Å². The van der Waals surface area contributed by atoms with Crippen molar-refractivity contribution in [2.75, 3.05) is 0 Å². The first kappa shape index (κ1) is 16.1. The van der Waals surface area contributed by atoms with Crippen LogP contribution in [0.5, 0.6) is 5.75 Å². The van der Waals surface area contributed by atoms with Crippen molar-refractivity contribution in [1.29, 1.82) is 0 Å². The third-order valence-electron chi connectivity index (χ3n) is 4.13. The van der Waals surface area contributed by atoms with Crippen LogP contribution in [0.4, 0.5) is 4.39 Å². The van der Waals surface area contributed by atoms with Gasteiger partial charge >= 0.3 is 7.12 Å². The van der Waals surface area contributed by atoms with Gasteiger partial charge in [-0.05, 0) is 40.7 Å². The molecular weight excluding hydrogens is 270 g/mol. The fraction of sp³-hybridized carbons (Fsp3) is 0.500. The van der Waals surface area contributed by atoms with Crippen LogP contribution in [0.3, 0.4) is 0 Å². The Balaban J connectivity index is 2.34. The fourth-order valence-corrected chi connectivity index (χ4v) is 2.02. The maximum absolute atomic E-state index is 13.5. The highest BCUT2D eigenvalue weighted by atomic mass is 19.1. The molecule has 1 heterocycles. The number of hydrogen-bond acceptors (Lipinski definition) is 3. The topological polar surface area (TPSA) is 27.7 Å². The number of halogens is 1. The summed E-state index contributed by atoms with van der Waals surface area (Å²) in [6.07, 6.45) is 1.42. The molecule has 1 aliphatic heterocycles. The van der Waals surface area contributed by atoms with E-state index in [0.717, 1.165) is 0 Å². The van der Waals surface area contributed by atoms with Crippen molar-refractivity contribution in [3.05, 3.63) is 36.7 Å². The first-order chi connectivity index (χ1) is 9.66. The molecule has 21 heavy (non-hydrogen) atoms. The summed E-state index contributed by atoms with van der Waals surface area (Å²) >= 11 is 0. The van der Waals surface area contributed by atoms with E-state index in [1.54, 1.807) is 12.1 Å². The minimum atomic E-state index is -0.581. The van der Waals surface area contributed by atoms with Gasteiger partial charge in [-0.1, -0.05) is 18.7 Å². The Kier molecular flexibility index (Phi) is 4.18. The van der Waals surface area contributed by atoms with Gasteiger partial charge in [0, 0.05) is 11.5 Å². The SMILES string of the molecule is C=CC(C)Oc1cc(F)ccc1B1OC(C)(C)C(C)(C)O1. The van der Waals surface area contributed by atoms with E-state index >= 15 is 0 Å². The zero-order valence-electron chi connectivity index (χ0n) is 13.3. The maximum atomic E-state index is 13.5. The van der Waals surface area contributed by atoms with Gasteiger partial charge in [-0.3, -0.25) is 0 Å². The summed E-state index contributed by atoms with van der Waals surface area (Å²) in [5.74, 6) is 0.0578. The van der Waals surface area contributed by atoms with Crippen LogP contribution in [0.1, 0.15) is 34.6 Å². The van der Waals surface area contributed by atoms with Gasteiger partial charge in [-0.25, -0.2) is 4.39 Å². The van der Waals surface area contributed by atoms with Crippen LogP contribution in [0.15, 0.2) is 30.9 Å². The number of benzene rings is 1. The van der Waals surface area contributed by atoms with Crippen molar-refractivity contribution in [2.45, 2.75) is 51.9 Å². The molecule has 0 spiro atoms. The average Bonchev–Trinajstić information content (AvgIpc) is 2.58. The second-order valence-electron chi connectivity index (χ2n) is 6.33. The third-order valence-corrected chi connectivity index (χ3v) is 4.13. The quantitative estimate of drug-likeness (QED) is 0.630. The molecule has 3 nitrogen and oxygen atoms in total. The lowest BCUT2D eigenvalue weighted by Crippen LogP contribution is -2.41. The van der Waals surface area contributed by atoms with Crippen molar-refractivity contribution < 1.29 is 18.4 Å². The summed E-state index contributed by atoms with van der Waals surface area (Å²) in [6.45, 7) is 13.4. The molecule has 0 bridgehead atoms. The van der Waals surface area contributed by atoms with Crippen molar-refractivity contribution in [3.63, 3.8) is 0 Å². The first-order valence-electron chi connectivity index (χ1n) is 7.10. The van der Waals surface area contributed by atoms with E-state index in [1.807, 2.05) is 34.6 Å². The molecule has 0 radical (unpaired) electrons. The summed E-state index contributed by atoms with van der Waals surface area (Å²) in [5, 5.41) is 0. The van der Waals surface area contributed by atoms with E-state index in [0.29, 0.717) is 11.2 Å². The second kappa shape index (κ2) is 5.46. The molecule has 1 unspecified atom stereocenters. The van der Waals surface area contributed by atoms with Crippen molar-refractivity contribution in [3.8, 4) is 5.75 Å². The van der Waals surface area contributed by atoms with E-state index in [2.05, 4.69) is 6.58 Å². The van der Waals surface area contributed by atoms with Crippen LogP contribution >= 0.6 is 0 Å². The molecule has 114 valence electrons. The largest absolute Gasteiger partial charge is 0.498 e. The van der Waals surface area contributed by atoms with Gasteiger partial charge < -0.3 is 14.0 Å². The van der Waals surface area contributed by atoms with Crippen LogP contribution in [-0.2, 0) is 9.31 Å². The van der Waals surface area contributed by atoms with Gasteiger partial charge in [0.2, 0.25) is 0 Å². The molecule has 2 rings (SSSR count). The van der Waals surface area contributed by atoms with E-state index in [9.17, 15) is 4.39 Å². The standard InChI is InChI=1S/C16H22BFO3/c1-7-11(2)19-14-10-12(18)8-9-13(14)17-20-15(3,4)16(5,6)21-17/h7-11H,1H2,2-6H3. The Morgan fingerprint density at radius 3 is 2.33 bits per heavy atom. The molecule has 0 saturated carbocycles. The summed E-state index contributed by atoms with van der Waals surface area (Å²) in [7, 11) is -0.581. The summed E-state index contributed by atoms with van der Waals surface area (Å²) in [4.78, 5) is 0. The zero-order valence-corrected chi connectivity index (χ0v) is 13.3. The molecule has 1 atom stereocenters. The van der Waals surface area contributed by atoms with Crippen molar-refractivity contribution in [2.24, 2.45) is 0 Å². The van der Waals surface area contributed by atoms with Gasteiger partial charge in [0.05, 0.1) is 11.2 Å². The van der Waals surface area contributed by atoms with Crippen LogP contribution in [0, 0.1) is 5.82 Å². The highest BCUT2D eigenvalue weighted by Gasteiger charge is 2.52. The predicted molar refractivity (Wildman–Crippen MR) is 82.4 cm³/mol. The Morgan fingerprint density at radius 1 is 1.24 bits per heavy atom. The van der Waals surface area contributed by atoms with Crippen LogP contribution in [0.25, 0.3) is 0 Å². The molecule has 0 amide bonds. The number of rotatable bonds is 4. The molecule has 1 aromatic carbocycles. The van der Waals surface area contributed by atoms with E-state index in [-0.39, 0.29) is 11.9 Å². The lowest BCUT2D eigenvalue weighted by atomic mass is 9.78. The zero-order chi connectivity index (χ0) is 15.8. The van der Waals surface area contributed by atoms with Crippen molar-refractivity contribution in [1.82, 2.24) is 0 Å². The lowest BCUT2D eigenvalue weighted by molar-refractivity contribution is 0.00578. The molecule has 0 N–H and O–H groups in total. The highest BCUT2D eigenvalue weighted by molar-refractivity contribution is 6.63. The Morgan fingerprint density at radius 2 is 1.81 bits per heavy atom. The van der Waals surface area contributed by atoms with Crippen LogP contribution in [-0.4, -0.2) is 24.4 Å². The molecule has 1 saturated heterocycles. The minimum Gasteiger partial charge on any atom is -0.487 e. The molecule has 0 aliphatic carbocycles. The third kappa shape index (κ3) is 3.14. The summed E-state index contributed by atoms with van der Waals surface area (Å²) in [6, 6.07) is 4.37. The molecule has 1 aliphatic rings. The Hall–Kier alpha value is -1.33. The van der Waals surface area contributed by atoms with E-state index in [1.165, 1.54) is 12.1 Å². The summed E-state index contributed by atoms with van der Waals surface area (Å²) < 4.78 is 31.2. The van der Waals surface area contributed by atoms with Gasteiger partial charge in [-0.2, -0.15) is 0 Å². The highest BCUT2D eigenvalue weighted by Crippen LogP contribution is 2.37. The molecule has 0 aromatic heterocycles. The molecule has 1 fully saturated rings. The smallest absolute Gasteiger partial charge is 0.487 e. The van der Waals surface area contributed by atoms with E-state index in [4.69, 9.17) is 14.0 Å². The molecule has 1 aromatic rings. The average molecular weight is 292 g/mol. The minimum absolute atomic E-state index is 0.229. The monoisotopic (exact) mass is 292 g/mol. The normalized spacial score (nSPS) is 21.1. The molecular formula is C16H22BFO3. The van der Waals surface area contributed by atoms with Gasteiger partial charge in [-0.15, -0.1) is 0 Å². The number of hydrogen-bond donors (Lipinski definition) is 0.